The topological polar surface area (TPSA) is 136 Å². The summed E-state index contributed by atoms with van der Waals surface area (Å²) >= 11 is 0. The van der Waals surface area contributed by atoms with Crippen molar-refractivity contribution in [1.29, 1.82) is 0 Å². The molecule has 0 aromatic heterocycles. The molecule has 340 valence electrons. The maximum atomic E-state index is 12.0. The van der Waals surface area contributed by atoms with Gasteiger partial charge in [-0.1, -0.05) is 111 Å². The zero-order chi connectivity index (χ0) is 41.4. The fraction of sp³-hybridized carbons (Fsp3) is 0.955. The van der Waals surface area contributed by atoms with Crippen LogP contribution in [-0.4, -0.2) is 144 Å². The first-order chi connectivity index (χ1) is 28.2. The minimum Gasteiger partial charge on any atom is -0.463 e. The molecule has 0 amide bonds. The van der Waals surface area contributed by atoms with E-state index in [-0.39, 0.29) is 31.1 Å². The van der Waals surface area contributed by atoms with Crippen LogP contribution in [0.5, 0.6) is 0 Å². The Hall–Kier alpha value is -1.42. The molecule has 0 spiro atoms. The van der Waals surface area contributed by atoms with Gasteiger partial charge >= 0.3 is 11.9 Å². The average molecular weight is 823 g/mol. The molecule has 0 aliphatic rings. The molecular weight excluding hydrogens is 736 g/mol. The summed E-state index contributed by atoms with van der Waals surface area (Å²) in [6.07, 6.45) is 21.1. The lowest BCUT2D eigenvalue weighted by Gasteiger charge is -2.13. The van der Waals surface area contributed by atoms with Gasteiger partial charge < -0.3 is 52.1 Å². The molecular formula is C44H86O13. The van der Waals surface area contributed by atoms with Crippen LogP contribution in [0.2, 0.25) is 0 Å². The van der Waals surface area contributed by atoms with Crippen molar-refractivity contribution in [3.8, 4) is 0 Å². The van der Waals surface area contributed by atoms with Gasteiger partial charge in [0.05, 0.1) is 125 Å². The van der Waals surface area contributed by atoms with Crippen molar-refractivity contribution in [3.05, 3.63) is 0 Å². The van der Waals surface area contributed by atoms with Gasteiger partial charge in [0.2, 0.25) is 0 Å². The van der Waals surface area contributed by atoms with Gasteiger partial charge in [-0.05, 0) is 19.3 Å². The fourth-order valence-corrected chi connectivity index (χ4v) is 5.69. The van der Waals surface area contributed by atoms with E-state index >= 15 is 0 Å². The van der Waals surface area contributed by atoms with E-state index in [2.05, 4.69) is 13.8 Å². The molecule has 0 fully saturated rings. The van der Waals surface area contributed by atoms with Crippen molar-refractivity contribution in [1.82, 2.24) is 0 Å². The Morgan fingerprint density at radius 2 is 0.614 bits per heavy atom. The van der Waals surface area contributed by atoms with Crippen LogP contribution >= 0.6 is 0 Å². The molecule has 13 nitrogen and oxygen atoms in total. The molecule has 0 bridgehead atoms. The van der Waals surface area contributed by atoms with E-state index in [1.807, 2.05) is 6.92 Å². The van der Waals surface area contributed by atoms with Crippen LogP contribution in [0.15, 0.2) is 0 Å². The van der Waals surface area contributed by atoms with Crippen LogP contribution in [0.3, 0.4) is 0 Å². The van der Waals surface area contributed by atoms with Crippen molar-refractivity contribution in [2.45, 2.75) is 136 Å². The Morgan fingerprint density at radius 1 is 0.333 bits per heavy atom. The highest BCUT2D eigenvalue weighted by Crippen LogP contribution is 2.15. The Bertz CT molecular complexity index is 804. The van der Waals surface area contributed by atoms with Crippen molar-refractivity contribution in [2.75, 3.05) is 132 Å². The second-order valence-electron chi connectivity index (χ2n) is 14.1. The molecule has 0 saturated carbocycles. The Morgan fingerprint density at radius 3 is 0.930 bits per heavy atom. The van der Waals surface area contributed by atoms with Crippen molar-refractivity contribution < 1.29 is 61.7 Å². The van der Waals surface area contributed by atoms with Crippen molar-refractivity contribution in [3.63, 3.8) is 0 Å². The van der Waals surface area contributed by atoms with Crippen LogP contribution in [0.25, 0.3) is 0 Å². The fourth-order valence-electron chi connectivity index (χ4n) is 5.69. The van der Waals surface area contributed by atoms with Crippen LogP contribution in [0.4, 0.5) is 0 Å². The highest BCUT2D eigenvalue weighted by Gasteiger charge is 2.17. The third kappa shape index (κ3) is 45.5. The summed E-state index contributed by atoms with van der Waals surface area (Å²) in [6, 6.07) is 0. The molecule has 0 aliphatic carbocycles. The standard InChI is InChI=1S/C44H86O13/c1-4-7-9-10-11-12-13-14-15-16-17-18-19-21-43(45)56-40-38-54-36-34-52-32-30-50-28-26-48-24-22-47-23-25-49-27-29-51-31-33-53-35-37-55-39-41-57-44(46)42(6-3)20-8-5-2/h42H,4-41H2,1-3H3. The summed E-state index contributed by atoms with van der Waals surface area (Å²) in [5.74, 6) is -0.262. The largest absolute Gasteiger partial charge is 0.463 e. The van der Waals surface area contributed by atoms with Crippen LogP contribution in [-0.2, 0) is 61.7 Å². The van der Waals surface area contributed by atoms with E-state index in [1.165, 1.54) is 70.6 Å². The lowest BCUT2D eigenvalue weighted by molar-refractivity contribution is -0.150. The van der Waals surface area contributed by atoms with Gasteiger partial charge in [0, 0.05) is 6.42 Å². The Labute approximate surface area is 347 Å². The molecule has 0 aliphatic heterocycles. The van der Waals surface area contributed by atoms with Crippen molar-refractivity contribution >= 4 is 11.9 Å². The molecule has 0 rings (SSSR count). The third-order valence-electron chi connectivity index (χ3n) is 9.16. The Kier molecular flexibility index (Phi) is 47.7. The third-order valence-corrected chi connectivity index (χ3v) is 9.16. The number of hydrogen-bond acceptors (Lipinski definition) is 13. The second-order valence-corrected chi connectivity index (χ2v) is 14.1. The maximum Gasteiger partial charge on any atom is 0.308 e. The summed E-state index contributed by atoms with van der Waals surface area (Å²) in [5.41, 5.74) is 0. The molecule has 0 aromatic rings. The van der Waals surface area contributed by atoms with Crippen LogP contribution in [0.1, 0.15) is 136 Å². The zero-order valence-electron chi connectivity index (χ0n) is 36.8. The summed E-state index contributed by atoms with van der Waals surface area (Å²) in [7, 11) is 0. The zero-order valence-corrected chi connectivity index (χ0v) is 36.8. The average Bonchev–Trinajstić information content (AvgIpc) is 3.21. The minimum atomic E-state index is -0.134. The van der Waals surface area contributed by atoms with Gasteiger partial charge in [-0.15, -0.1) is 0 Å². The van der Waals surface area contributed by atoms with E-state index < -0.39 is 0 Å². The molecule has 0 aromatic carbocycles. The van der Waals surface area contributed by atoms with Crippen LogP contribution in [0, 0.1) is 5.92 Å². The first-order valence-electron chi connectivity index (χ1n) is 22.7. The number of carbonyl (C=O) groups excluding carboxylic acids is 2. The smallest absolute Gasteiger partial charge is 0.308 e. The van der Waals surface area contributed by atoms with E-state index in [4.69, 9.17) is 52.1 Å². The molecule has 0 saturated heterocycles. The number of esters is 2. The first-order valence-corrected chi connectivity index (χ1v) is 22.7. The number of ether oxygens (including phenoxy) is 11. The number of unbranched alkanes of at least 4 members (excludes halogenated alkanes) is 13. The normalized spacial score (nSPS) is 12.0. The van der Waals surface area contributed by atoms with Gasteiger partial charge in [-0.3, -0.25) is 9.59 Å². The SMILES string of the molecule is CCCCCCCCCCCCCCCC(=O)OCCOCCOCCOCCOCCOCCOCCOCCOCCOCCOC(=O)C(CC)CCCC. The van der Waals surface area contributed by atoms with Crippen molar-refractivity contribution in [2.24, 2.45) is 5.92 Å². The minimum absolute atomic E-state index is 0.00630. The monoisotopic (exact) mass is 823 g/mol. The lowest BCUT2D eigenvalue weighted by atomic mass is 10.00. The molecule has 13 heteroatoms. The summed E-state index contributed by atoms with van der Waals surface area (Å²) in [4.78, 5) is 23.9. The number of carbonyl (C=O) groups is 2. The van der Waals surface area contributed by atoms with E-state index in [0.29, 0.717) is 125 Å². The number of rotatable bonds is 49. The summed E-state index contributed by atoms with van der Waals surface area (Å²) in [5, 5.41) is 0. The molecule has 57 heavy (non-hydrogen) atoms. The lowest BCUT2D eigenvalue weighted by Crippen LogP contribution is -2.20. The predicted octanol–water partition coefficient (Wildman–Crippen LogP) is 7.92. The molecule has 0 radical (unpaired) electrons. The van der Waals surface area contributed by atoms with Gasteiger partial charge in [0.15, 0.2) is 0 Å². The molecule has 0 heterocycles. The second kappa shape index (κ2) is 48.9. The molecule has 0 N–H and O–H groups in total. The van der Waals surface area contributed by atoms with E-state index in [0.717, 1.165) is 38.5 Å². The van der Waals surface area contributed by atoms with Gasteiger partial charge in [-0.25, -0.2) is 0 Å². The highest BCUT2D eigenvalue weighted by atomic mass is 16.6. The first kappa shape index (κ1) is 55.6. The number of hydrogen-bond donors (Lipinski definition) is 0. The van der Waals surface area contributed by atoms with Gasteiger partial charge in [0.25, 0.3) is 0 Å². The summed E-state index contributed by atoms with van der Waals surface area (Å²) < 4.78 is 60.0. The van der Waals surface area contributed by atoms with Gasteiger partial charge in [0.1, 0.15) is 13.2 Å². The predicted molar refractivity (Wildman–Crippen MR) is 223 cm³/mol. The van der Waals surface area contributed by atoms with E-state index in [1.54, 1.807) is 0 Å². The quantitative estimate of drug-likeness (QED) is 0.0435. The maximum absolute atomic E-state index is 12.0. The molecule has 1 unspecified atom stereocenters. The van der Waals surface area contributed by atoms with E-state index in [9.17, 15) is 9.59 Å². The highest BCUT2D eigenvalue weighted by molar-refractivity contribution is 5.72. The molecule has 1 atom stereocenters. The van der Waals surface area contributed by atoms with Crippen LogP contribution < -0.4 is 0 Å². The Balaban J connectivity index is 3.19. The summed E-state index contributed by atoms with van der Waals surface area (Å²) in [6.45, 7) is 15.4. The van der Waals surface area contributed by atoms with Gasteiger partial charge in [-0.2, -0.15) is 0 Å².